The van der Waals surface area contributed by atoms with Crippen LogP contribution in [0.5, 0.6) is 0 Å². The second kappa shape index (κ2) is 13.0. The van der Waals surface area contributed by atoms with Crippen molar-refractivity contribution in [2.75, 3.05) is 26.2 Å². The number of nitrogens with zero attached hydrogens (tertiary/aromatic N) is 3. The summed E-state index contributed by atoms with van der Waals surface area (Å²) in [4.78, 5) is 49.3. The Bertz CT molecular complexity index is 1060. The molecular formula is C24H31N5O7. The van der Waals surface area contributed by atoms with Crippen LogP contribution in [0.1, 0.15) is 37.6 Å². The molecule has 3 amide bonds. The minimum atomic E-state index is -1.24. The van der Waals surface area contributed by atoms with Gasteiger partial charge in [-0.2, -0.15) is 10.2 Å². The summed E-state index contributed by atoms with van der Waals surface area (Å²) in [5.74, 6) is -2.31. The van der Waals surface area contributed by atoms with Crippen LogP contribution in [0.15, 0.2) is 58.5 Å². The first-order valence-corrected chi connectivity index (χ1v) is 11.3. The van der Waals surface area contributed by atoms with E-state index < -0.39 is 42.6 Å². The Balaban J connectivity index is 1.95. The van der Waals surface area contributed by atoms with E-state index in [-0.39, 0.29) is 30.5 Å². The van der Waals surface area contributed by atoms with Gasteiger partial charge >= 0.3 is 12.1 Å². The molecule has 36 heavy (non-hydrogen) atoms. The van der Waals surface area contributed by atoms with E-state index in [4.69, 9.17) is 9.84 Å². The number of amides is 3. The first kappa shape index (κ1) is 28.0. The quantitative estimate of drug-likeness (QED) is 0.357. The maximum absolute atomic E-state index is 12.7. The van der Waals surface area contributed by atoms with Gasteiger partial charge in [0.2, 0.25) is 5.91 Å². The number of carbonyl (C=O) groups excluding carboxylic acids is 3. The van der Waals surface area contributed by atoms with Crippen molar-refractivity contribution in [2.45, 2.75) is 38.8 Å². The average Bonchev–Trinajstić information content (AvgIpc) is 2.80. The number of hydrogen-bond donors (Lipinski definition) is 4. The van der Waals surface area contributed by atoms with Gasteiger partial charge in [0.15, 0.2) is 0 Å². The highest BCUT2D eigenvalue weighted by Crippen LogP contribution is 2.21. The molecule has 1 aromatic rings. The summed E-state index contributed by atoms with van der Waals surface area (Å²) in [5, 5.41) is 31.8. The topological polar surface area (TPSA) is 170 Å². The number of aliphatic carboxylic acids is 1. The molecule has 2 rings (SSSR count). The molecule has 1 atom stereocenters. The lowest BCUT2D eigenvalue weighted by molar-refractivity contribution is -0.144. The number of aliphatic hydroxyl groups excluding tert-OH is 1. The first-order chi connectivity index (χ1) is 16.9. The molecule has 1 unspecified atom stereocenters. The van der Waals surface area contributed by atoms with Crippen molar-refractivity contribution in [3.05, 3.63) is 53.8 Å². The monoisotopic (exact) mass is 501 g/mol. The molecule has 0 aromatic heterocycles. The summed E-state index contributed by atoms with van der Waals surface area (Å²) in [6, 6.07) is 6.16. The van der Waals surface area contributed by atoms with E-state index >= 15 is 0 Å². The number of rotatable bonds is 10. The van der Waals surface area contributed by atoms with Crippen LogP contribution in [0.25, 0.3) is 0 Å². The number of carboxylic acids is 1. The van der Waals surface area contributed by atoms with E-state index in [9.17, 15) is 24.3 Å². The number of allylic oxidation sites excluding steroid dienone is 1. The zero-order chi connectivity index (χ0) is 26.7. The summed E-state index contributed by atoms with van der Waals surface area (Å²) in [5.41, 5.74) is -0.226. The molecule has 0 aliphatic heterocycles. The first-order valence-electron chi connectivity index (χ1n) is 11.3. The fourth-order valence-corrected chi connectivity index (χ4v) is 3.00. The van der Waals surface area contributed by atoms with E-state index in [2.05, 4.69) is 20.9 Å². The van der Waals surface area contributed by atoms with Gasteiger partial charge in [-0.15, -0.1) is 0 Å². The molecule has 4 N–H and O–H groups in total. The molecule has 0 saturated heterocycles. The molecule has 12 nitrogen and oxygen atoms in total. The highest BCUT2D eigenvalue weighted by molar-refractivity contribution is 6.00. The third-order valence-corrected chi connectivity index (χ3v) is 4.65. The van der Waals surface area contributed by atoms with Crippen molar-refractivity contribution in [3.63, 3.8) is 0 Å². The van der Waals surface area contributed by atoms with Crippen LogP contribution >= 0.6 is 0 Å². The van der Waals surface area contributed by atoms with Gasteiger partial charge in [-0.3, -0.25) is 14.4 Å². The Morgan fingerprint density at radius 2 is 1.89 bits per heavy atom. The fraction of sp³-hybridized carbons (Fsp3) is 0.417. The number of alkyl carbamates (subject to hydrolysis) is 1. The second-order valence-electron chi connectivity index (χ2n) is 8.84. The molecule has 1 aromatic carbocycles. The predicted octanol–water partition coefficient (Wildman–Crippen LogP) is 2.71. The number of aliphatic hydroxyl groups is 1. The molecule has 1 aliphatic carbocycles. The van der Waals surface area contributed by atoms with Gasteiger partial charge in [-0.25, -0.2) is 4.79 Å². The largest absolute Gasteiger partial charge is 0.508 e. The number of carbonyl (C=O) groups is 4. The Labute approximate surface area is 208 Å². The maximum atomic E-state index is 12.7. The zero-order valence-corrected chi connectivity index (χ0v) is 20.4. The fourth-order valence-electron chi connectivity index (χ4n) is 3.00. The third kappa shape index (κ3) is 9.95. The van der Waals surface area contributed by atoms with Gasteiger partial charge in [-0.1, -0.05) is 18.2 Å². The van der Waals surface area contributed by atoms with Crippen molar-refractivity contribution < 1.29 is 34.1 Å². The molecular weight excluding hydrogens is 470 g/mol. The van der Waals surface area contributed by atoms with Crippen molar-refractivity contribution in [1.29, 1.82) is 0 Å². The van der Waals surface area contributed by atoms with Crippen LogP contribution in [0, 0.1) is 0 Å². The van der Waals surface area contributed by atoms with E-state index in [0.717, 1.165) is 4.90 Å². The molecule has 194 valence electrons. The Morgan fingerprint density at radius 3 is 2.53 bits per heavy atom. The highest BCUT2D eigenvalue weighted by atomic mass is 16.6. The van der Waals surface area contributed by atoms with Crippen LogP contribution in [-0.4, -0.2) is 76.8 Å². The smallest absolute Gasteiger partial charge is 0.407 e. The van der Waals surface area contributed by atoms with Crippen molar-refractivity contribution in [1.82, 2.24) is 15.5 Å². The van der Waals surface area contributed by atoms with E-state index in [1.54, 1.807) is 51.1 Å². The number of carboxylic acid groups (broad SMARTS) is 1. The van der Waals surface area contributed by atoms with Crippen LogP contribution in [0.2, 0.25) is 0 Å². The average molecular weight is 502 g/mol. The van der Waals surface area contributed by atoms with Gasteiger partial charge in [0.05, 0.1) is 23.8 Å². The summed E-state index contributed by atoms with van der Waals surface area (Å²) < 4.78 is 5.10. The van der Waals surface area contributed by atoms with Gasteiger partial charge in [-0.05, 0) is 51.5 Å². The predicted molar refractivity (Wildman–Crippen MR) is 130 cm³/mol. The SMILES string of the molecule is CC(C)(C)OC(=O)NCCN(CC(=O)O)C(=O)CNC(=O)c1ccccc1N=NC1C=CC(O)=CC1. The number of nitrogens with one attached hydrogen (secondary N) is 2. The van der Waals surface area contributed by atoms with Gasteiger partial charge in [0.1, 0.15) is 17.9 Å². The summed E-state index contributed by atoms with van der Waals surface area (Å²) >= 11 is 0. The zero-order valence-electron chi connectivity index (χ0n) is 20.4. The van der Waals surface area contributed by atoms with Gasteiger partial charge in [0.25, 0.3) is 5.91 Å². The van der Waals surface area contributed by atoms with Crippen LogP contribution in [0.4, 0.5) is 10.5 Å². The number of azo groups is 1. The van der Waals surface area contributed by atoms with Crippen molar-refractivity contribution >= 4 is 29.6 Å². The molecule has 12 heteroatoms. The highest BCUT2D eigenvalue weighted by Gasteiger charge is 2.20. The minimum absolute atomic E-state index is 0.0341. The molecule has 0 saturated carbocycles. The van der Waals surface area contributed by atoms with Crippen molar-refractivity contribution in [2.24, 2.45) is 10.2 Å². The molecule has 0 bridgehead atoms. The molecule has 0 radical (unpaired) electrons. The summed E-state index contributed by atoms with van der Waals surface area (Å²) in [6.07, 6.45) is 4.59. The van der Waals surface area contributed by atoms with E-state index in [0.29, 0.717) is 12.1 Å². The summed E-state index contributed by atoms with van der Waals surface area (Å²) in [6.45, 7) is 3.91. The summed E-state index contributed by atoms with van der Waals surface area (Å²) in [7, 11) is 0. The Kier molecular flexibility index (Phi) is 10.1. The molecule has 1 aliphatic rings. The lowest BCUT2D eigenvalue weighted by atomic mass is 10.1. The molecule has 0 spiro atoms. The second-order valence-corrected chi connectivity index (χ2v) is 8.84. The number of benzene rings is 1. The standard InChI is InChI=1S/C24H31N5O7/c1-24(2,3)36-23(35)25-12-13-29(15-21(32)33)20(31)14-26-22(34)18-6-4-5-7-19(18)28-27-16-8-10-17(30)11-9-16/h4-8,10-11,16,30H,9,12-15H2,1-3H3,(H,25,35)(H,26,34)(H,32,33). The minimum Gasteiger partial charge on any atom is -0.508 e. The van der Waals surface area contributed by atoms with Crippen molar-refractivity contribution in [3.8, 4) is 0 Å². The number of hydrogen-bond acceptors (Lipinski definition) is 8. The van der Waals surface area contributed by atoms with Gasteiger partial charge in [0, 0.05) is 13.1 Å². The molecule has 0 fully saturated rings. The Morgan fingerprint density at radius 1 is 1.17 bits per heavy atom. The number of ether oxygens (including phenoxy) is 1. The van der Waals surface area contributed by atoms with Gasteiger partial charge < -0.3 is 30.5 Å². The Hall–Kier alpha value is -4.22. The van der Waals surface area contributed by atoms with Crippen LogP contribution in [-0.2, 0) is 14.3 Å². The van der Waals surface area contributed by atoms with E-state index in [1.165, 1.54) is 12.1 Å². The van der Waals surface area contributed by atoms with Crippen LogP contribution in [0.3, 0.4) is 0 Å². The lowest BCUT2D eigenvalue weighted by Crippen LogP contribution is -2.46. The molecule has 0 heterocycles. The maximum Gasteiger partial charge on any atom is 0.407 e. The van der Waals surface area contributed by atoms with E-state index in [1.807, 2.05) is 0 Å². The third-order valence-electron chi connectivity index (χ3n) is 4.65. The normalized spacial score (nSPS) is 15.2. The lowest BCUT2D eigenvalue weighted by Gasteiger charge is -2.23. The van der Waals surface area contributed by atoms with Crippen LogP contribution < -0.4 is 10.6 Å².